The van der Waals surface area contributed by atoms with Crippen molar-refractivity contribution in [3.8, 4) is 0 Å². The van der Waals surface area contributed by atoms with Crippen LogP contribution in [0.15, 0.2) is 0 Å². The molecule has 6 nitrogen and oxygen atoms in total. The first-order chi connectivity index (χ1) is 8.58. The molecule has 6 heteroatoms. The standard InChI is InChI=1S/C12H20O6/c1-5-3-15-9-7(13)10-12(11(17-5)8(9)14)18-6(2)4-16-10/h5-14H,3-4H2,1-2H3/t5?,6?,7-,8+,9-,10+,11-,12-/m1/s1. The van der Waals surface area contributed by atoms with E-state index in [1.165, 1.54) is 0 Å². The van der Waals surface area contributed by atoms with Gasteiger partial charge in [0.15, 0.2) is 0 Å². The first-order valence-electron chi connectivity index (χ1n) is 6.48. The van der Waals surface area contributed by atoms with Gasteiger partial charge in [0.1, 0.15) is 36.6 Å². The van der Waals surface area contributed by atoms with E-state index >= 15 is 0 Å². The molecule has 2 N–H and O–H groups in total. The average molecular weight is 260 g/mol. The van der Waals surface area contributed by atoms with Crippen molar-refractivity contribution >= 4 is 0 Å². The molecule has 2 unspecified atom stereocenters. The lowest BCUT2D eigenvalue weighted by Gasteiger charge is -2.48. The molecule has 2 saturated heterocycles. The minimum atomic E-state index is -0.889. The molecule has 0 aromatic rings. The minimum absolute atomic E-state index is 0.0646. The topological polar surface area (TPSA) is 77.4 Å². The van der Waals surface area contributed by atoms with Gasteiger partial charge in [-0.05, 0) is 13.8 Å². The molecule has 2 heterocycles. The van der Waals surface area contributed by atoms with Crippen molar-refractivity contribution in [3.05, 3.63) is 0 Å². The van der Waals surface area contributed by atoms with E-state index in [1.807, 2.05) is 13.8 Å². The molecule has 8 atom stereocenters. The van der Waals surface area contributed by atoms with Crippen molar-refractivity contribution in [2.75, 3.05) is 13.2 Å². The molecule has 3 aliphatic rings. The van der Waals surface area contributed by atoms with E-state index in [2.05, 4.69) is 0 Å². The molecule has 0 amide bonds. The van der Waals surface area contributed by atoms with Gasteiger partial charge in [-0.25, -0.2) is 0 Å². The van der Waals surface area contributed by atoms with E-state index in [9.17, 15) is 10.2 Å². The largest absolute Gasteiger partial charge is 0.387 e. The molecule has 18 heavy (non-hydrogen) atoms. The molecule has 104 valence electrons. The summed E-state index contributed by atoms with van der Waals surface area (Å²) in [6, 6.07) is 0. The number of rotatable bonds is 0. The Balaban J connectivity index is 1.89. The summed E-state index contributed by atoms with van der Waals surface area (Å²) < 4.78 is 22.7. The smallest absolute Gasteiger partial charge is 0.116 e. The Labute approximate surface area is 106 Å². The van der Waals surface area contributed by atoms with Gasteiger partial charge in [-0.15, -0.1) is 0 Å². The van der Waals surface area contributed by atoms with Gasteiger partial charge in [0.25, 0.3) is 0 Å². The van der Waals surface area contributed by atoms with Gasteiger partial charge < -0.3 is 29.2 Å². The van der Waals surface area contributed by atoms with Crippen LogP contribution in [0.25, 0.3) is 0 Å². The summed E-state index contributed by atoms with van der Waals surface area (Å²) >= 11 is 0. The van der Waals surface area contributed by atoms with E-state index in [0.717, 1.165) is 0 Å². The molecular formula is C12H20O6. The molecule has 3 rings (SSSR count). The second kappa shape index (κ2) is 4.70. The lowest BCUT2D eigenvalue weighted by Crippen LogP contribution is -2.67. The average Bonchev–Trinajstić information content (AvgIpc) is 2.44. The van der Waals surface area contributed by atoms with Crippen molar-refractivity contribution in [1.29, 1.82) is 0 Å². The van der Waals surface area contributed by atoms with E-state index in [0.29, 0.717) is 13.2 Å². The number of aliphatic hydroxyl groups is 2. The summed E-state index contributed by atoms with van der Waals surface area (Å²) in [5.74, 6) is 0. The van der Waals surface area contributed by atoms with Crippen LogP contribution >= 0.6 is 0 Å². The first-order valence-corrected chi connectivity index (χ1v) is 6.48. The maximum absolute atomic E-state index is 10.2. The highest BCUT2D eigenvalue weighted by molar-refractivity contribution is 5.04. The van der Waals surface area contributed by atoms with Gasteiger partial charge in [0.05, 0.1) is 25.4 Å². The first kappa shape index (κ1) is 12.8. The fourth-order valence-corrected chi connectivity index (χ4v) is 2.96. The van der Waals surface area contributed by atoms with Gasteiger partial charge in [0, 0.05) is 0 Å². The zero-order valence-corrected chi connectivity index (χ0v) is 10.6. The third-order valence-electron chi connectivity index (χ3n) is 3.82. The van der Waals surface area contributed by atoms with Crippen molar-refractivity contribution in [3.63, 3.8) is 0 Å². The van der Waals surface area contributed by atoms with Crippen molar-refractivity contribution in [2.24, 2.45) is 0 Å². The molecule has 1 saturated carbocycles. The number of ether oxygens (including phenoxy) is 4. The third kappa shape index (κ3) is 1.97. The lowest BCUT2D eigenvalue weighted by atomic mass is 9.84. The highest BCUT2D eigenvalue weighted by Crippen LogP contribution is 2.35. The van der Waals surface area contributed by atoms with Crippen LogP contribution in [-0.2, 0) is 18.9 Å². The molecule has 3 fully saturated rings. The fourth-order valence-electron chi connectivity index (χ4n) is 2.96. The second-order valence-electron chi connectivity index (χ2n) is 5.40. The molecule has 0 aromatic carbocycles. The van der Waals surface area contributed by atoms with Gasteiger partial charge in [-0.2, -0.15) is 0 Å². The van der Waals surface area contributed by atoms with E-state index in [4.69, 9.17) is 18.9 Å². The maximum atomic E-state index is 10.2. The van der Waals surface area contributed by atoms with Crippen LogP contribution in [0.2, 0.25) is 0 Å². The van der Waals surface area contributed by atoms with Crippen LogP contribution < -0.4 is 0 Å². The van der Waals surface area contributed by atoms with Gasteiger partial charge in [0.2, 0.25) is 0 Å². The summed E-state index contributed by atoms with van der Waals surface area (Å²) in [7, 11) is 0. The van der Waals surface area contributed by atoms with E-state index in [-0.39, 0.29) is 12.2 Å². The quantitative estimate of drug-likeness (QED) is 0.586. The Kier molecular flexibility index (Phi) is 3.34. The molecular weight excluding hydrogens is 240 g/mol. The highest BCUT2D eigenvalue weighted by Gasteiger charge is 2.55. The number of hydrogen-bond acceptors (Lipinski definition) is 6. The SMILES string of the molecule is CC1CO[C@H]2[C@H](O)[C@H]3OCC(C)O[C@H]([C@H]3O)[C@@H]2O1. The van der Waals surface area contributed by atoms with Crippen LogP contribution in [0, 0.1) is 0 Å². The zero-order valence-electron chi connectivity index (χ0n) is 10.6. The molecule has 1 aliphatic carbocycles. The van der Waals surface area contributed by atoms with Gasteiger partial charge >= 0.3 is 0 Å². The van der Waals surface area contributed by atoms with Gasteiger partial charge in [-0.3, -0.25) is 0 Å². The predicted molar refractivity (Wildman–Crippen MR) is 60.2 cm³/mol. The van der Waals surface area contributed by atoms with Crippen molar-refractivity contribution in [2.45, 2.75) is 62.7 Å². The van der Waals surface area contributed by atoms with Crippen molar-refractivity contribution < 1.29 is 29.2 Å². The maximum Gasteiger partial charge on any atom is 0.116 e. The predicted octanol–water partition coefficient (Wildman–Crippen LogP) is -0.933. The second-order valence-corrected chi connectivity index (χ2v) is 5.40. The van der Waals surface area contributed by atoms with E-state index < -0.39 is 36.6 Å². The number of aliphatic hydroxyl groups excluding tert-OH is 2. The third-order valence-corrected chi connectivity index (χ3v) is 3.82. The monoisotopic (exact) mass is 260 g/mol. The normalized spacial score (nSPS) is 56.7. The number of hydrogen-bond donors (Lipinski definition) is 2. The van der Waals surface area contributed by atoms with Gasteiger partial charge in [-0.1, -0.05) is 0 Å². The summed E-state index contributed by atoms with van der Waals surface area (Å²) in [5, 5.41) is 20.5. The Morgan fingerprint density at radius 2 is 1.22 bits per heavy atom. The summed E-state index contributed by atoms with van der Waals surface area (Å²) in [4.78, 5) is 0. The van der Waals surface area contributed by atoms with Crippen LogP contribution in [0.1, 0.15) is 13.8 Å². The molecule has 2 aliphatic heterocycles. The summed E-state index contributed by atoms with van der Waals surface area (Å²) in [5.41, 5.74) is 0. The Hall–Kier alpha value is -0.240. The molecule has 0 radical (unpaired) electrons. The Bertz CT molecular complexity index is 307. The fraction of sp³-hybridized carbons (Fsp3) is 1.00. The van der Waals surface area contributed by atoms with Crippen molar-refractivity contribution in [1.82, 2.24) is 0 Å². The molecule has 0 spiro atoms. The summed E-state index contributed by atoms with van der Waals surface area (Å²) in [6.45, 7) is 4.56. The Morgan fingerprint density at radius 3 is 1.89 bits per heavy atom. The number of fused-ring (bicyclic) bond motifs is 4. The zero-order chi connectivity index (χ0) is 12.9. The van der Waals surface area contributed by atoms with Crippen LogP contribution in [0.5, 0.6) is 0 Å². The van der Waals surface area contributed by atoms with Crippen LogP contribution in [-0.4, -0.2) is 72.3 Å². The molecule has 2 bridgehead atoms. The highest BCUT2D eigenvalue weighted by atomic mass is 16.6. The minimum Gasteiger partial charge on any atom is -0.387 e. The lowest BCUT2D eigenvalue weighted by molar-refractivity contribution is -0.288. The van der Waals surface area contributed by atoms with E-state index in [1.54, 1.807) is 0 Å². The van der Waals surface area contributed by atoms with Crippen LogP contribution in [0.3, 0.4) is 0 Å². The van der Waals surface area contributed by atoms with Crippen LogP contribution in [0.4, 0.5) is 0 Å². The molecule has 0 aromatic heterocycles. The summed E-state index contributed by atoms with van der Waals surface area (Å²) in [6.07, 6.45) is -4.10. The Morgan fingerprint density at radius 1 is 0.722 bits per heavy atom.